The van der Waals surface area contributed by atoms with E-state index in [1.54, 1.807) is 6.07 Å². The number of carbonyl (C=O) groups excluding carboxylic acids is 2. The summed E-state index contributed by atoms with van der Waals surface area (Å²) in [4.78, 5) is 39.6. The monoisotopic (exact) mass is 448 g/mol. The van der Waals surface area contributed by atoms with Crippen LogP contribution in [0.1, 0.15) is 28.8 Å². The molecule has 7 nitrogen and oxygen atoms in total. The number of hydrogen-bond donors (Lipinski definition) is 2. The van der Waals surface area contributed by atoms with E-state index < -0.39 is 17.3 Å². The van der Waals surface area contributed by atoms with Crippen LogP contribution in [-0.2, 0) is 17.9 Å². The molecule has 0 bridgehead atoms. The zero-order chi connectivity index (χ0) is 23.2. The van der Waals surface area contributed by atoms with E-state index >= 15 is 0 Å². The number of benzene rings is 2. The molecule has 0 radical (unpaired) electrons. The molecule has 1 aliphatic heterocycles. The Morgan fingerprint density at radius 3 is 2.48 bits per heavy atom. The molecule has 8 heteroatoms. The number of nitrogens with zero attached hydrogens (tertiary/aromatic N) is 2. The van der Waals surface area contributed by atoms with Crippen LogP contribution in [-0.4, -0.2) is 29.5 Å². The minimum absolute atomic E-state index is 0.266. The maximum atomic E-state index is 13.8. The SMILES string of the molecule is O=C(Cn1cc(C(=O)NCc2ccccc2)ccc1=O)Nc1cc(F)ccc1N1CCCC1. The van der Waals surface area contributed by atoms with Crippen LogP contribution in [0, 0.1) is 5.82 Å². The molecule has 1 aliphatic rings. The van der Waals surface area contributed by atoms with E-state index in [4.69, 9.17) is 0 Å². The highest BCUT2D eigenvalue weighted by Crippen LogP contribution is 2.29. The number of halogens is 1. The number of carbonyl (C=O) groups is 2. The quantitative estimate of drug-likeness (QED) is 0.582. The fraction of sp³-hybridized carbons (Fsp3) is 0.240. The highest BCUT2D eigenvalue weighted by Gasteiger charge is 2.18. The van der Waals surface area contributed by atoms with Crippen LogP contribution in [0.3, 0.4) is 0 Å². The Morgan fingerprint density at radius 1 is 0.970 bits per heavy atom. The minimum atomic E-state index is -0.481. The topological polar surface area (TPSA) is 83.4 Å². The fourth-order valence-corrected chi connectivity index (χ4v) is 3.86. The van der Waals surface area contributed by atoms with E-state index in [-0.39, 0.29) is 18.0 Å². The van der Waals surface area contributed by atoms with Crippen LogP contribution in [0.5, 0.6) is 0 Å². The summed E-state index contributed by atoms with van der Waals surface area (Å²) in [6, 6.07) is 16.4. The van der Waals surface area contributed by atoms with Crippen molar-refractivity contribution in [2.45, 2.75) is 25.9 Å². The van der Waals surface area contributed by atoms with Gasteiger partial charge in [-0.05, 0) is 42.7 Å². The molecule has 33 heavy (non-hydrogen) atoms. The van der Waals surface area contributed by atoms with Gasteiger partial charge in [-0.25, -0.2) is 4.39 Å². The summed E-state index contributed by atoms with van der Waals surface area (Å²) in [6.45, 7) is 1.73. The molecule has 1 saturated heterocycles. The van der Waals surface area contributed by atoms with Crippen LogP contribution >= 0.6 is 0 Å². The van der Waals surface area contributed by atoms with Crippen LogP contribution in [0.2, 0.25) is 0 Å². The largest absolute Gasteiger partial charge is 0.370 e. The molecular formula is C25H25FN4O3. The smallest absolute Gasteiger partial charge is 0.253 e. The van der Waals surface area contributed by atoms with E-state index in [9.17, 15) is 18.8 Å². The summed E-state index contributed by atoms with van der Waals surface area (Å²) in [5.41, 5.74) is 1.92. The van der Waals surface area contributed by atoms with Crippen molar-refractivity contribution in [1.82, 2.24) is 9.88 Å². The molecule has 2 N–H and O–H groups in total. The standard InChI is InChI=1S/C25H25FN4O3/c26-20-9-10-22(29-12-4-5-13-29)21(14-20)28-23(31)17-30-16-19(8-11-24(30)32)25(33)27-15-18-6-2-1-3-7-18/h1-3,6-11,14,16H,4-5,12-13,15,17H2,(H,27,33)(H,28,31). The average Bonchev–Trinajstić information content (AvgIpc) is 3.34. The second-order valence-corrected chi connectivity index (χ2v) is 7.96. The average molecular weight is 448 g/mol. The van der Waals surface area contributed by atoms with Gasteiger partial charge in [0.2, 0.25) is 5.91 Å². The van der Waals surface area contributed by atoms with Crippen molar-refractivity contribution in [3.05, 3.63) is 94.2 Å². The zero-order valence-electron chi connectivity index (χ0n) is 18.1. The lowest BCUT2D eigenvalue weighted by Gasteiger charge is -2.21. The predicted molar refractivity (Wildman–Crippen MR) is 125 cm³/mol. The summed E-state index contributed by atoms with van der Waals surface area (Å²) in [5.74, 6) is -1.29. The first-order chi connectivity index (χ1) is 16.0. The van der Waals surface area contributed by atoms with Crippen LogP contribution in [0.4, 0.5) is 15.8 Å². The van der Waals surface area contributed by atoms with Crippen LogP contribution in [0.15, 0.2) is 71.7 Å². The Hall–Kier alpha value is -3.94. The first-order valence-electron chi connectivity index (χ1n) is 10.9. The summed E-state index contributed by atoms with van der Waals surface area (Å²) in [7, 11) is 0. The number of aromatic nitrogens is 1. The number of anilines is 2. The molecule has 170 valence electrons. The van der Waals surface area contributed by atoms with Crippen molar-refractivity contribution in [2.24, 2.45) is 0 Å². The Morgan fingerprint density at radius 2 is 1.73 bits per heavy atom. The lowest BCUT2D eigenvalue weighted by Crippen LogP contribution is -2.30. The second-order valence-electron chi connectivity index (χ2n) is 7.96. The van der Waals surface area contributed by atoms with Gasteiger partial charge in [0.25, 0.3) is 11.5 Å². The molecule has 0 saturated carbocycles. The third kappa shape index (κ3) is 5.65. The van der Waals surface area contributed by atoms with E-state index in [0.29, 0.717) is 12.2 Å². The molecule has 0 aliphatic carbocycles. The highest BCUT2D eigenvalue weighted by atomic mass is 19.1. The first-order valence-corrected chi connectivity index (χ1v) is 10.9. The Balaban J connectivity index is 1.45. The van der Waals surface area contributed by atoms with Gasteiger partial charge in [-0.15, -0.1) is 0 Å². The van der Waals surface area contributed by atoms with Crippen molar-refractivity contribution in [2.75, 3.05) is 23.3 Å². The number of hydrogen-bond acceptors (Lipinski definition) is 4. The van der Waals surface area contributed by atoms with Crippen LogP contribution in [0.25, 0.3) is 0 Å². The van der Waals surface area contributed by atoms with Gasteiger partial charge in [0.1, 0.15) is 12.4 Å². The Bertz CT molecular complexity index is 1200. The van der Waals surface area contributed by atoms with E-state index in [0.717, 1.165) is 37.2 Å². The molecule has 4 rings (SSSR count). The van der Waals surface area contributed by atoms with Crippen molar-refractivity contribution < 1.29 is 14.0 Å². The number of nitrogens with one attached hydrogen (secondary N) is 2. The second kappa shape index (κ2) is 10.1. The molecule has 1 aromatic heterocycles. The number of pyridine rings is 1. The van der Waals surface area contributed by atoms with Gasteiger partial charge in [0.05, 0.1) is 16.9 Å². The third-order valence-corrected chi connectivity index (χ3v) is 5.53. The van der Waals surface area contributed by atoms with Gasteiger partial charge in [0, 0.05) is 31.9 Å². The maximum Gasteiger partial charge on any atom is 0.253 e. The Kier molecular flexibility index (Phi) is 6.83. The molecule has 0 atom stereocenters. The first kappa shape index (κ1) is 22.3. The van der Waals surface area contributed by atoms with Gasteiger partial charge >= 0.3 is 0 Å². The van der Waals surface area contributed by atoms with E-state index in [1.165, 1.54) is 35.0 Å². The number of amides is 2. The summed E-state index contributed by atoms with van der Waals surface area (Å²) >= 11 is 0. The molecule has 1 fully saturated rings. The highest BCUT2D eigenvalue weighted by molar-refractivity contribution is 5.95. The molecule has 2 amide bonds. The minimum Gasteiger partial charge on any atom is -0.370 e. The van der Waals surface area contributed by atoms with Gasteiger partial charge in [-0.3, -0.25) is 14.4 Å². The molecule has 2 heterocycles. The third-order valence-electron chi connectivity index (χ3n) is 5.53. The van der Waals surface area contributed by atoms with Crippen molar-refractivity contribution in [3.63, 3.8) is 0 Å². The summed E-state index contributed by atoms with van der Waals surface area (Å²) in [6.07, 6.45) is 3.44. The maximum absolute atomic E-state index is 13.8. The lowest BCUT2D eigenvalue weighted by molar-refractivity contribution is -0.116. The van der Waals surface area contributed by atoms with Gasteiger partial charge in [-0.2, -0.15) is 0 Å². The van der Waals surface area contributed by atoms with Gasteiger partial charge < -0.3 is 20.1 Å². The van der Waals surface area contributed by atoms with Gasteiger partial charge in [0.15, 0.2) is 0 Å². The molecule has 0 unspecified atom stereocenters. The van der Waals surface area contributed by atoms with E-state index in [1.807, 2.05) is 30.3 Å². The molecule has 3 aromatic rings. The molecule has 2 aromatic carbocycles. The summed E-state index contributed by atoms with van der Waals surface area (Å²) < 4.78 is 15.0. The molecule has 0 spiro atoms. The lowest BCUT2D eigenvalue weighted by atomic mass is 10.2. The normalized spacial score (nSPS) is 13.1. The Labute approximate surface area is 190 Å². The number of rotatable bonds is 7. The van der Waals surface area contributed by atoms with Crippen LogP contribution < -0.4 is 21.1 Å². The van der Waals surface area contributed by atoms with Crippen molar-refractivity contribution in [3.8, 4) is 0 Å². The zero-order valence-corrected chi connectivity index (χ0v) is 18.1. The molecular weight excluding hydrogens is 423 g/mol. The summed E-state index contributed by atoms with van der Waals surface area (Å²) in [5, 5.41) is 5.52. The predicted octanol–water partition coefficient (Wildman–Crippen LogP) is 3.16. The van der Waals surface area contributed by atoms with Crippen molar-refractivity contribution in [1.29, 1.82) is 0 Å². The fourth-order valence-electron chi connectivity index (χ4n) is 3.86. The van der Waals surface area contributed by atoms with Crippen molar-refractivity contribution >= 4 is 23.2 Å². The van der Waals surface area contributed by atoms with E-state index in [2.05, 4.69) is 15.5 Å². The van der Waals surface area contributed by atoms with Gasteiger partial charge in [-0.1, -0.05) is 30.3 Å².